The zero-order chi connectivity index (χ0) is 11.5. The molecule has 0 bridgehead atoms. The summed E-state index contributed by atoms with van der Waals surface area (Å²) in [7, 11) is 0. The number of hydrogen-bond acceptors (Lipinski definition) is 2. The van der Waals surface area contributed by atoms with Gasteiger partial charge in [0, 0.05) is 12.6 Å². The average Bonchev–Trinajstić information content (AvgIpc) is 2.21. The number of unbranched alkanes of at least 4 members (excludes halogenated alkanes) is 1. The Bertz CT molecular complexity index is 126. The SMILES string of the molecule is CCCCNC(CC)CCCOC(C)C. The minimum Gasteiger partial charge on any atom is -0.379 e. The van der Waals surface area contributed by atoms with E-state index in [-0.39, 0.29) is 0 Å². The number of ether oxygens (including phenoxy) is 1. The van der Waals surface area contributed by atoms with E-state index in [0.29, 0.717) is 12.1 Å². The van der Waals surface area contributed by atoms with E-state index in [9.17, 15) is 0 Å². The molecule has 0 spiro atoms. The Hall–Kier alpha value is -0.0800. The highest BCUT2D eigenvalue weighted by atomic mass is 16.5. The maximum absolute atomic E-state index is 5.53. The quantitative estimate of drug-likeness (QED) is 0.564. The van der Waals surface area contributed by atoms with E-state index in [2.05, 4.69) is 33.0 Å². The lowest BCUT2D eigenvalue weighted by Crippen LogP contribution is -2.29. The predicted octanol–water partition coefficient (Wildman–Crippen LogP) is 3.36. The Morgan fingerprint density at radius 1 is 1.13 bits per heavy atom. The molecule has 1 atom stereocenters. The molecule has 0 aliphatic carbocycles. The van der Waals surface area contributed by atoms with Crippen molar-refractivity contribution in [2.75, 3.05) is 13.2 Å². The largest absolute Gasteiger partial charge is 0.379 e. The van der Waals surface area contributed by atoms with Crippen molar-refractivity contribution >= 4 is 0 Å². The molecule has 0 aromatic carbocycles. The molecule has 0 aromatic rings. The van der Waals surface area contributed by atoms with Crippen LogP contribution in [0.2, 0.25) is 0 Å². The predicted molar refractivity (Wildman–Crippen MR) is 67.3 cm³/mol. The van der Waals surface area contributed by atoms with E-state index in [1.165, 1.54) is 38.6 Å². The Balaban J connectivity index is 3.35. The van der Waals surface area contributed by atoms with E-state index >= 15 is 0 Å². The zero-order valence-corrected chi connectivity index (χ0v) is 11.0. The third kappa shape index (κ3) is 10.2. The summed E-state index contributed by atoms with van der Waals surface area (Å²) >= 11 is 0. The Labute approximate surface area is 95.8 Å². The summed E-state index contributed by atoms with van der Waals surface area (Å²) in [6.45, 7) is 10.8. The van der Waals surface area contributed by atoms with Gasteiger partial charge in [0.15, 0.2) is 0 Å². The third-order valence-electron chi connectivity index (χ3n) is 2.60. The second-order valence-electron chi connectivity index (χ2n) is 4.47. The van der Waals surface area contributed by atoms with Gasteiger partial charge < -0.3 is 10.1 Å². The van der Waals surface area contributed by atoms with Gasteiger partial charge in [0.25, 0.3) is 0 Å². The highest BCUT2D eigenvalue weighted by Gasteiger charge is 2.04. The van der Waals surface area contributed by atoms with E-state index in [0.717, 1.165) is 6.61 Å². The number of nitrogens with one attached hydrogen (secondary N) is 1. The van der Waals surface area contributed by atoms with Gasteiger partial charge in [-0.1, -0.05) is 20.3 Å². The van der Waals surface area contributed by atoms with Crippen molar-refractivity contribution in [3.8, 4) is 0 Å². The van der Waals surface area contributed by atoms with E-state index in [1.807, 2.05) is 0 Å². The Morgan fingerprint density at radius 2 is 1.87 bits per heavy atom. The second-order valence-corrected chi connectivity index (χ2v) is 4.47. The van der Waals surface area contributed by atoms with Crippen LogP contribution in [0.1, 0.15) is 59.8 Å². The number of hydrogen-bond donors (Lipinski definition) is 1. The van der Waals surface area contributed by atoms with Crippen LogP contribution in [0.25, 0.3) is 0 Å². The van der Waals surface area contributed by atoms with Crippen molar-refractivity contribution < 1.29 is 4.74 Å². The molecule has 0 aliphatic heterocycles. The van der Waals surface area contributed by atoms with Crippen LogP contribution >= 0.6 is 0 Å². The highest BCUT2D eigenvalue weighted by molar-refractivity contribution is 4.64. The van der Waals surface area contributed by atoms with Crippen LogP contribution in [0, 0.1) is 0 Å². The fraction of sp³-hybridized carbons (Fsp3) is 1.00. The van der Waals surface area contributed by atoms with Crippen LogP contribution < -0.4 is 5.32 Å². The minimum atomic E-state index is 0.373. The first kappa shape index (κ1) is 14.9. The molecule has 1 N–H and O–H groups in total. The fourth-order valence-corrected chi connectivity index (χ4v) is 1.58. The monoisotopic (exact) mass is 215 g/mol. The van der Waals surface area contributed by atoms with Crippen molar-refractivity contribution in [2.24, 2.45) is 0 Å². The highest BCUT2D eigenvalue weighted by Crippen LogP contribution is 2.03. The number of rotatable bonds is 10. The molecule has 0 radical (unpaired) electrons. The summed E-state index contributed by atoms with van der Waals surface area (Å²) in [6, 6.07) is 0.687. The third-order valence-corrected chi connectivity index (χ3v) is 2.60. The van der Waals surface area contributed by atoms with Crippen LogP contribution in [0.15, 0.2) is 0 Å². The van der Waals surface area contributed by atoms with Crippen molar-refractivity contribution in [1.82, 2.24) is 5.32 Å². The van der Waals surface area contributed by atoms with E-state index in [4.69, 9.17) is 4.74 Å². The fourth-order valence-electron chi connectivity index (χ4n) is 1.58. The molecule has 0 heterocycles. The molecule has 0 aliphatic rings. The topological polar surface area (TPSA) is 21.3 Å². The van der Waals surface area contributed by atoms with Crippen molar-refractivity contribution in [1.29, 1.82) is 0 Å². The van der Waals surface area contributed by atoms with Crippen LogP contribution in [0.4, 0.5) is 0 Å². The Morgan fingerprint density at radius 3 is 2.40 bits per heavy atom. The standard InChI is InChI=1S/C13H29NO/c1-5-7-10-14-13(6-2)9-8-11-15-12(3)4/h12-14H,5-11H2,1-4H3. The summed E-state index contributed by atoms with van der Waals surface area (Å²) in [5.41, 5.74) is 0. The van der Waals surface area contributed by atoms with Gasteiger partial charge in [-0.3, -0.25) is 0 Å². The molecule has 2 nitrogen and oxygen atoms in total. The van der Waals surface area contributed by atoms with Gasteiger partial charge in [0.2, 0.25) is 0 Å². The molecule has 1 unspecified atom stereocenters. The minimum absolute atomic E-state index is 0.373. The molecule has 0 saturated heterocycles. The molecule has 15 heavy (non-hydrogen) atoms. The summed E-state index contributed by atoms with van der Waals surface area (Å²) in [5, 5.41) is 3.60. The molecule has 0 rings (SSSR count). The molecule has 0 fully saturated rings. The molecule has 92 valence electrons. The maximum Gasteiger partial charge on any atom is 0.0518 e. The molecular formula is C13H29NO. The Kier molecular flexibility index (Phi) is 10.4. The van der Waals surface area contributed by atoms with Gasteiger partial charge in [-0.25, -0.2) is 0 Å². The van der Waals surface area contributed by atoms with Crippen molar-refractivity contribution in [3.63, 3.8) is 0 Å². The maximum atomic E-state index is 5.53. The van der Waals surface area contributed by atoms with Gasteiger partial charge in [0.1, 0.15) is 0 Å². The summed E-state index contributed by atoms with van der Waals surface area (Å²) in [6.07, 6.45) is 6.59. The molecular weight excluding hydrogens is 186 g/mol. The van der Waals surface area contributed by atoms with E-state index < -0.39 is 0 Å². The van der Waals surface area contributed by atoms with Gasteiger partial charge in [-0.2, -0.15) is 0 Å². The molecule has 0 aromatic heterocycles. The first-order valence-corrected chi connectivity index (χ1v) is 6.55. The lowest BCUT2D eigenvalue weighted by atomic mass is 10.1. The summed E-state index contributed by atoms with van der Waals surface area (Å²) < 4.78 is 5.53. The van der Waals surface area contributed by atoms with Crippen LogP contribution in [0.3, 0.4) is 0 Å². The molecule has 2 heteroatoms. The summed E-state index contributed by atoms with van der Waals surface area (Å²) in [5.74, 6) is 0. The molecule has 0 saturated carbocycles. The van der Waals surface area contributed by atoms with Gasteiger partial charge >= 0.3 is 0 Å². The zero-order valence-electron chi connectivity index (χ0n) is 11.0. The van der Waals surface area contributed by atoms with Crippen LogP contribution in [0.5, 0.6) is 0 Å². The first-order chi connectivity index (χ1) is 7.20. The normalized spacial score (nSPS) is 13.4. The smallest absolute Gasteiger partial charge is 0.0518 e. The van der Waals surface area contributed by atoms with Crippen molar-refractivity contribution in [3.05, 3.63) is 0 Å². The van der Waals surface area contributed by atoms with Crippen LogP contribution in [-0.2, 0) is 4.74 Å². The lowest BCUT2D eigenvalue weighted by molar-refractivity contribution is 0.0744. The van der Waals surface area contributed by atoms with E-state index in [1.54, 1.807) is 0 Å². The van der Waals surface area contributed by atoms with Crippen LogP contribution in [-0.4, -0.2) is 25.3 Å². The lowest BCUT2D eigenvalue weighted by Gasteiger charge is -2.17. The molecule has 0 amide bonds. The van der Waals surface area contributed by atoms with Gasteiger partial charge in [-0.05, 0) is 46.1 Å². The second kappa shape index (κ2) is 10.4. The first-order valence-electron chi connectivity index (χ1n) is 6.55. The van der Waals surface area contributed by atoms with Gasteiger partial charge in [-0.15, -0.1) is 0 Å². The average molecular weight is 215 g/mol. The van der Waals surface area contributed by atoms with Gasteiger partial charge in [0.05, 0.1) is 6.10 Å². The summed E-state index contributed by atoms with van der Waals surface area (Å²) in [4.78, 5) is 0. The van der Waals surface area contributed by atoms with Crippen molar-refractivity contribution in [2.45, 2.75) is 71.9 Å².